The topological polar surface area (TPSA) is 29.5 Å². The lowest BCUT2D eigenvalue weighted by atomic mass is 10.2. The molecule has 3 heteroatoms. The zero-order chi connectivity index (χ0) is 8.27. The molecule has 0 fully saturated rings. The molecule has 0 aliphatic rings. The van der Waals surface area contributed by atoms with Gasteiger partial charge in [0.1, 0.15) is 5.75 Å². The predicted molar refractivity (Wildman–Crippen MR) is 46.2 cm³/mol. The lowest BCUT2D eigenvalue weighted by Crippen LogP contribution is -1.92. The highest BCUT2D eigenvalue weighted by Gasteiger charge is 2.03. The van der Waals surface area contributed by atoms with Crippen LogP contribution < -0.4 is 4.74 Å². The number of thiol groups is 1. The maximum absolute atomic E-state index is 8.90. The SMILES string of the molecule is COc1cccc(S)c1CO. The fourth-order valence-electron chi connectivity index (χ4n) is 0.904. The van der Waals surface area contributed by atoms with E-state index in [0.717, 1.165) is 10.5 Å². The molecule has 1 aromatic rings. The molecule has 60 valence electrons. The molecule has 0 saturated carbocycles. The van der Waals surface area contributed by atoms with Crippen LogP contribution in [0.15, 0.2) is 23.1 Å². The van der Waals surface area contributed by atoms with Crippen LogP contribution in [0.2, 0.25) is 0 Å². The number of rotatable bonds is 2. The number of hydrogen-bond donors (Lipinski definition) is 2. The van der Waals surface area contributed by atoms with E-state index < -0.39 is 0 Å². The minimum atomic E-state index is -0.0388. The third-order valence-corrected chi connectivity index (χ3v) is 1.91. The Hall–Kier alpha value is -0.670. The van der Waals surface area contributed by atoms with Gasteiger partial charge in [0.05, 0.1) is 13.7 Å². The van der Waals surface area contributed by atoms with E-state index in [0.29, 0.717) is 5.75 Å². The molecule has 0 spiro atoms. The Morgan fingerprint density at radius 1 is 1.55 bits per heavy atom. The van der Waals surface area contributed by atoms with Crippen LogP contribution >= 0.6 is 12.6 Å². The highest BCUT2D eigenvalue weighted by atomic mass is 32.1. The van der Waals surface area contributed by atoms with Gasteiger partial charge in [-0.2, -0.15) is 0 Å². The average molecular weight is 170 g/mol. The van der Waals surface area contributed by atoms with Crippen molar-refractivity contribution in [1.29, 1.82) is 0 Å². The van der Waals surface area contributed by atoms with Crippen LogP contribution in [0, 0.1) is 0 Å². The summed E-state index contributed by atoms with van der Waals surface area (Å²) in [4.78, 5) is 0.756. The summed E-state index contributed by atoms with van der Waals surface area (Å²) in [5, 5.41) is 8.90. The summed E-state index contributed by atoms with van der Waals surface area (Å²) in [5.41, 5.74) is 0.735. The van der Waals surface area contributed by atoms with Gasteiger partial charge >= 0.3 is 0 Å². The number of methoxy groups -OCH3 is 1. The first-order chi connectivity index (χ1) is 5.29. The number of aliphatic hydroxyl groups excluding tert-OH is 1. The Balaban J connectivity index is 3.13. The fraction of sp³-hybridized carbons (Fsp3) is 0.250. The molecule has 11 heavy (non-hydrogen) atoms. The Labute approximate surface area is 71.2 Å². The van der Waals surface area contributed by atoms with E-state index in [1.54, 1.807) is 13.2 Å². The zero-order valence-corrected chi connectivity index (χ0v) is 7.14. The number of ether oxygens (including phenoxy) is 1. The summed E-state index contributed by atoms with van der Waals surface area (Å²) in [6.07, 6.45) is 0. The van der Waals surface area contributed by atoms with E-state index in [9.17, 15) is 0 Å². The summed E-state index contributed by atoms with van der Waals surface area (Å²) >= 11 is 4.16. The molecule has 0 amide bonds. The largest absolute Gasteiger partial charge is 0.496 e. The van der Waals surface area contributed by atoms with Crippen LogP contribution in [0.1, 0.15) is 5.56 Å². The summed E-state index contributed by atoms with van der Waals surface area (Å²) in [6, 6.07) is 5.45. The molecule has 0 atom stereocenters. The molecule has 0 bridgehead atoms. The minimum Gasteiger partial charge on any atom is -0.496 e. The van der Waals surface area contributed by atoms with E-state index in [-0.39, 0.29) is 6.61 Å². The molecule has 1 aromatic carbocycles. The quantitative estimate of drug-likeness (QED) is 0.658. The van der Waals surface area contributed by atoms with Crippen LogP contribution in [0.5, 0.6) is 5.75 Å². The lowest BCUT2D eigenvalue weighted by Gasteiger charge is -2.07. The second-order valence-corrected chi connectivity index (χ2v) is 2.60. The molecule has 0 heterocycles. The molecule has 1 rings (SSSR count). The Morgan fingerprint density at radius 2 is 2.27 bits per heavy atom. The summed E-state index contributed by atoms with van der Waals surface area (Å²) in [7, 11) is 1.57. The number of aliphatic hydroxyl groups is 1. The molecule has 0 aromatic heterocycles. The van der Waals surface area contributed by atoms with Crippen LogP contribution in [0.3, 0.4) is 0 Å². The first-order valence-electron chi connectivity index (χ1n) is 3.25. The van der Waals surface area contributed by atoms with Gasteiger partial charge in [-0.1, -0.05) is 6.07 Å². The first-order valence-corrected chi connectivity index (χ1v) is 3.70. The van der Waals surface area contributed by atoms with Gasteiger partial charge in [-0.05, 0) is 12.1 Å². The van der Waals surface area contributed by atoms with E-state index >= 15 is 0 Å². The summed E-state index contributed by atoms with van der Waals surface area (Å²) in [6.45, 7) is -0.0388. The Kier molecular flexibility index (Phi) is 2.79. The van der Waals surface area contributed by atoms with Gasteiger partial charge in [-0.25, -0.2) is 0 Å². The number of benzene rings is 1. The van der Waals surface area contributed by atoms with E-state index in [2.05, 4.69) is 12.6 Å². The smallest absolute Gasteiger partial charge is 0.125 e. The number of hydrogen-bond acceptors (Lipinski definition) is 3. The Bertz CT molecular complexity index is 248. The molecule has 0 saturated heterocycles. The second-order valence-electron chi connectivity index (χ2n) is 2.12. The molecule has 1 N–H and O–H groups in total. The van der Waals surface area contributed by atoms with Crippen molar-refractivity contribution in [2.24, 2.45) is 0 Å². The predicted octanol–water partition coefficient (Wildman–Crippen LogP) is 1.48. The molecule has 0 aliphatic carbocycles. The van der Waals surface area contributed by atoms with Crippen LogP contribution in [-0.2, 0) is 6.61 Å². The van der Waals surface area contributed by atoms with Crippen molar-refractivity contribution in [2.45, 2.75) is 11.5 Å². The third-order valence-electron chi connectivity index (χ3n) is 1.49. The third kappa shape index (κ3) is 1.67. The molecule has 0 aliphatic heterocycles. The van der Waals surface area contributed by atoms with Crippen molar-refractivity contribution in [1.82, 2.24) is 0 Å². The molecule has 2 nitrogen and oxygen atoms in total. The van der Waals surface area contributed by atoms with E-state index in [1.165, 1.54) is 0 Å². The van der Waals surface area contributed by atoms with E-state index in [1.807, 2.05) is 12.1 Å². The maximum atomic E-state index is 8.90. The van der Waals surface area contributed by atoms with Gasteiger partial charge in [0.2, 0.25) is 0 Å². The highest BCUT2D eigenvalue weighted by Crippen LogP contribution is 2.24. The van der Waals surface area contributed by atoms with Crippen molar-refractivity contribution in [3.63, 3.8) is 0 Å². The molecular formula is C8H10O2S. The van der Waals surface area contributed by atoms with Gasteiger partial charge < -0.3 is 9.84 Å². The fourth-order valence-corrected chi connectivity index (χ4v) is 1.17. The first kappa shape index (κ1) is 8.43. The van der Waals surface area contributed by atoms with Gasteiger partial charge in [0, 0.05) is 10.5 Å². The van der Waals surface area contributed by atoms with Gasteiger partial charge in [0.25, 0.3) is 0 Å². The second kappa shape index (κ2) is 3.64. The van der Waals surface area contributed by atoms with Crippen molar-refractivity contribution < 1.29 is 9.84 Å². The van der Waals surface area contributed by atoms with Crippen molar-refractivity contribution in [2.75, 3.05) is 7.11 Å². The van der Waals surface area contributed by atoms with Crippen molar-refractivity contribution in [3.05, 3.63) is 23.8 Å². The molecule has 0 radical (unpaired) electrons. The highest BCUT2D eigenvalue weighted by molar-refractivity contribution is 7.80. The normalized spacial score (nSPS) is 9.73. The van der Waals surface area contributed by atoms with Crippen LogP contribution in [-0.4, -0.2) is 12.2 Å². The minimum absolute atomic E-state index is 0.0388. The standard InChI is InChI=1S/C8H10O2S/c1-10-7-3-2-4-8(11)6(7)5-9/h2-4,9,11H,5H2,1H3. The van der Waals surface area contributed by atoms with Crippen molar-refractivity contribution in [3.8, 4) is 5.75 Å². The van der Waals surface area contributed by atoms with Gasteiger partial charge in [-0.15, -0.1) is 12.6 Å². The van der Waals surface area contributed by atoms with Crippen LogP contribution in [0.25, 0.3) is 0 Å². The molecular weight excluding hydrogens is 160 g/mol. The molecule has 0 unspecified atom stereocenters. The maximum Gasteiger partial charge on any atom is 0.125 e. The van der Waals surface area contributed by atoms with Gasteiger partial charge in [0.15, 0.2) is 0 Å². The average Bonchev–Trinajstić information content (AvgIpc) is 2.04. The zero-order valence-electron chi connectivity index (χ0n) is 6.24. The summed E-state index contributed by atoms with van der Waals surface area (Å²) < 4.78 is 5.01. The van der Waals surface area contributed by atoms with Gasteiger partial charge in [-0.3, -0.25) is 0 Å². The Morgan fingerprint density at radius 3 is 2.73 bits per heavy atom. The lowest BCUT2D eigenvalue weighted by molar-refractivity contribution is 0.270. The van der Waals surface area contributed by atoms with Crippen LogP contribution in [0.4, 0.5) is 0 Å². The monoisotopic (exact) mass is 170 g/mol. The van der Waals surface area contributed by atoms with E-state index in [4.69, 9.17) is 9.84 Å². The van der Waals surface area contributed by atoms with Crippen molar-refractivity contribution >= 4 is 12.6 Å². The summed E-state index contributed by atoms with van der Waals surface area (Å²) in [5.74, 6) is 0.681.